The Morgan fingerprint density at radius 3 is 2.48 bits per heavy atom. The van der Waals surface area contributed by atoms with E-state index >= 15 is 0 Å². The van der Waals surface area contributed by atoms with Crippen LogP contribution in [-0.4, -0.2) is 25.5 Å². The Morgan fingerprint density at radius 1 is 1.07 bits per heavy atom. The summed E-state index contributed by atoms with van der Waals surface area (Å²) in [6, 6.07) is 13.0. The smallest absolute Gasteiger partial charge is 0.285 e. The van der Waals surface area contributed by atoms with Gasteiger partial charge in [-0.2, -0.15) is 0 Å². The number of hydrogen-bond acceptors (Lipinski definition) is 4. The first-order valence-corrected chi connectivity index (χ1v) is 8.45. The predicted molar refractivity (Wildman–Crippen MR) is 103 cm³/mol. The van der Waals surface area contributed by atoms with Crippen LogP contribution in [0.2, 0.25) is 0 Å². The second-order valence-electron chi connectivity index (χ2n) is 6.20. The fourth-order valence-corrected chi connectivity index (χ4v) is 3.13. The number of rotatable bonds is 3. The lowest BCUT2D eigenvalue weighted by Gasteiger charge is -2.07. The Balaban J connectivity index is 1.85. The van der Waals surface area contributed by atoms with E-state index in [9.17, 15) is 9.59 Å². The monoisotopic (exact) mass is 359 g/mol. The minimum Gasteiger partial charge on any atom is -0.322 e. The van der Waals surface area contributed by atoms with Crippen LogP contribution in [0, 0.1) is 13.8 Å². The van der Waals surface area contributed by atoms with Crippen LogP contribution in [-0.2, 0) is 0 Å². The summed E-state index contributed by atoms with van der Waals surface area (Å²) in [5.74, 6) is -0.501. The molecule has 7 heteroatoms. The van der Waals surface area contributed by atoms with Crippen molar-refractivity contribution in [2.45, 2.75) is 13.8 Å². The molecule has 3 aromatic heterocycles. The number of aromatic nitrogens is 4. The summed E-state index contributed by atoms with van der Waals surface area (Å²) in [6.07, 6.45) is 3.13. The number of aromatic amines is 1. The van der Waals surface area contributed by atoms with Gasteiger partial charge in [0, 0.05) is 29.3 Å². The third-order valence-electron chi connectivity index (χ3n) is 4.37. The van der Waals surface area contributed by atoms with Gasteiger partial charge in [-0.15, -0.1) is 0 Å². The molecule has 0 aliphatic rings. The predicted octanol–water partition coefficient (Wildman–Crippen LogP) is 2.95. The molecule has 0 aliphatic heterocycles. The summed E-state index contributed by atoms with van der Waals surface area (Å²) in [4.78, 5) is 34.1. The average molecular weight is 359 g/mol. The number of carbonyl (C=O) groups excluding carboxylic acids is 1. The molecule has 4 rings (SSSR count). The first kappa shape index (κ1) is 16.7. The highest BCUT2D eigenvalue weighted by molar-refractivity contribution is 6.05. The van der Waals surface area contributed by atoms with E-state index in [1.54, 1.807) is 31.5 Å². The largest absolute Gasteiger partial charge is 0.322 e. The summed E-state index contributed by atoms with van der Waals surface area (Å²) >= 11 is 0. The minimum atomic E-state index is -0.501. The minimum absolute atomic E-state index is 0.00479. The van der Waals surface area contributed by atoms with Crippen LogP contribution >= 0.6 is 0 Å². The maximum atomic E-state index is 13.0. The molecule has 0 radical (unpaired) electrons. The number of fused-ring (bicyclic) bond motifs is 1. The Labute approximate surface area is 154 Å². The number of aryl methyl sites for hydroxylation is 2. The van der Waals surface area contributed by atoms with E-state index in [-0.39, 0.29) is 5.56 Å². The van der Waals surface area contributed by atoms with Gasteiger partial charge in [0.05, 0.1) is 5.69 Å². The zero-order valence-electron chi connectivity index (χ0n) is 14.9. The molecule has 0 atom stereocenters. The highest BCUT2D eigenvalue weighted by atomic mass is 16.2. The number of hydrogen-bond donors (Lipinski definition) is 2. The Hall–Kier alpha value is -3.74. The van der Waals surface area contributed by atoms with Gasteiger partial charge in [-0.05, 0) is 31.5 Å². The van der Waals surface area contributed by atoms with E-state index in [4.69, 9.17) is 0 Å². The molecule has 0 saturated carbocycles. The molecule has 4 aromatic rings. The van der Waals surface area contributed by atoms with Gasteiger partial charge in [0.1, 0.15) is 5.56 Å². The molecule has 1 amide bonds. The van der Waals surface area contributed by atoms with Crippen molar-refractivity contribution in [1.29, 1.82) is 0 Å². The molecule has 0 fully saturated rings. The quantitative estimate of drug-likeness (QED) is 0.588. The number of benzene rings is 1. The Bertz CT molecular complexity index is 1190. The Morgan fingerprint density at radius 2 is 1.78 bits per heavy atom. The van der Waals surface area contributed by atoms with Gasteiger partial charge in [0.15, 0.2) is 5.65 Å². The van der Waals surface area contributed by atoms with Crippen LogP contribution in [0.5, 0.6) is 0 Å². The van der Waals surface area contributed by atoms with Gasteiger partial charge < -0.3 is 5.32 Å². The normalized spacial score (nSPS) is 10.9. The molecule has 3 heterocycles. The van der Waals surface area contributed by atoms with E-state index in [1.165, 1.54) is 4.52 Å². The van der Waals surface area contributed by atoms with Gasteiger partial charge in [0.25, 0.3) is 11.5 Å². The molecule has 134 valence electrons. The number of anilines is 1. The van der Waals surface area contributed by atoms with Gasteiger partial charge in [-0.25, -0.2) is 9.50 Å². The lowest BCUT2D eigenvalue weighted by atomic mass is 10.1. The van der Waals surface area contributed by atoms with Crippen LogP contribution in [0.3, 0.4) is 0 Å². The second-order valence-corrected chi connectivity index (χ2v) is 6.20. The SMILES string of the molecule is Cc1nc2c(-c3ccccc3)c(C)[nH]n2c(=O)c1C(=O)Nc1ccncc1. The van der Waals surface area contributed by atoms with Crippen LogP contribution in [0.25, 0.3) is 16.8 Å². The van der Waals surface area contributed by atoms with Gasteiger partial charge in [0.2, 0.25) is 0 Å². The van der Waals surface area contributed by atoms with E-state index < -0.39 is 11.5 Å². The molecule has 0 bridgehead atoms. The van der Waals surface area contributed by atoms with Crippen molar-refractivity contribution in [1.82, 2.24) is 19.6 Å². The number of nitrogens with one attached hydrogen (secondary N) is 2. The maximum Gasteiger partial charge on any atom is 0.285 e. The topological polar surface area (TPSA) is 92.2 Å². The molecule has 0 spiro atoms. The number of carbonyl (C=O) groups is 1. The van der Waals surface area contributed by atoms with Crippen molar-refractivity contribution in [3.8, 4) is 11.1 Å². The van der Waals surface area contributed by atoms with Crippen molar-refractivity contribution in [2.75, 3.05) is 5.32 Å². The first-order valence-electron chi connectivity index (χ1n) is 8.45. The highest BCUT2D eigenvalue weighted by Crippen LogP contribution is 2.26. The maximum absolute atomic E-state index is 13.0. The molecule has 1 aromatic carbocycles. The molecule has 0 aliphatic carbocycles. The van der Waals surface area contributed by atoms with Gasteiger partial charge in [-0.3, -0.25) is 19.7 Å². The van der Waals surface area contributed by atoms with Crippen LogP contribution in [0.15, 0.2) is 59.7 Å². The standard InChI is InChI=1S/C20H17N5O2/c1-12-17(19(26)23-15-8-10-21-11-9-15)20(27)25-18(22-12)16(13(2)24-25)14-6-4-3-5-7-14/h3-11,24H,1-2H3,(H,21,23,26). The summed E-state index contributed by atoms with van der Waals surface area (Å²) in [5.41, 5.74) is 3.61. The fourth-order valence-electron chi connectivity index (χ4n) is 3.13. The number of H-pyrrole nitrogens is 1. The van der Waals surface area contributed by atoms with Crippen LogP contribution < -0.4 is 10.9 Å². The van der Waals surface area contributed by atoms with Crippen LogP contribution in [0.1, 0.15) is 21.7 Å². The van der Waals surface area contributed by atoms with Crippen molar-refractivity contribution in [3.05, 3.63) is 82.2 Å². The van der Waals surface area contributed by atoms with E-state index in [1.807, 2.05) is 37.3 Å². The third kappa shape index (κ3) is 2.89. The lowest BCUT2D eigenvalue weighted by molar-refractivity contribution is 0.102. The molecule has 2 N–H and O–H groups in total. The molecule has 0 saturated heterocycles. The van der Waals surface area contributed by atoms with Gasteiger partial charge >= 0.3 is 0 Å². The lowest BCUT2D eigenvalue weighted by Crippen LogP contribution is -2.29. The second kappa shape index (κ2) is 6.53. The fraction of sp³-hybridized carbons (Fsp3) is 0.100. The molecular weight excluding hydrogens is 342 g/mol. The molecular formula is C20H17N5O2. The van der Waals surface area contributed by atoms with E-state index in [2.05, 4.69) is 20.4 Å². The van der Waals surface area contributed by atoms with Crippen molar-refractivity contribution >= 4 is 17.2 Å². The number of pyridine rings is 1. The molecule has 7 nitrogen and oxygen atoms in total. The summed E-state index contributed by atoms with van der Waals surface area (Å²) in [6.45, 7) is 3.54. The van der Waals surface area contributed by atoms with Crippen molar-refractivity contribution < 1.29 is 4.79 Å². The number of amides is 1. The third-order valence-corrected chi connectivity index (χ3v) is 4.37. The molecule has 27 heavy (non-hydrogen) atoms. The van der Waals surface area contributed by atoms with Gasteiger partial charge in [-0.1, -0.05) is 30.3 Å². The molecule has 0 unspecified atom stereocenters. The average Bonchev–Trinajstić information content (AvgIpc) is 2.99. The number of nitrogens with zero attached hydrogens (tertiary/aromatic N) is 3. The zero-order chi connectivity index (χ0) is 19.0. The zero-order valence-corrected chi connectivity index (χ0v) is 14.9. The summed E-state index contributed by atoms with van der Waals surface area (Å²) in [7, 11) is 0. The Kier molecular flexibility index (Phi) is 4.04. The van der Waals surface area contributed by atoms with E-state index in [0.717, 1.165) is 16.8 Å². The van der Waals surface area contributed by atoms with Crippen molar-refractivity contribution in [3.63, 3.8) is 0 Å². The van der Waals surface area contributed by atoms with Crippen molar-refractivity contribution in [2.24, 2.45) is 0 Å². The highest BCUT2D eigenvalue weighted by Gasteiger charge is 2.21. The summed E-state index contributed by atoms with van der Waals surface area (Å²) < 4.78 is 1.33. The summed E-state index contributed by atoms with van der Waals surface area (Å²) in [5, 5.41) is 5.74. The van der Waals surface area contributed by atoms with Crippen LogP contribution in [0.4, 0.5) is 5.69 Å². The van der Waals surface area contributed by atoms with E-state index in [0.29, 0.717) is 17.0 Å². The first-order chi connectivity index (χ1) is 13.1.